The number of rotatable bonds is 4. The summed E-state index contributed by atoms with van der Waals surface area (Å²) in [7, 11) is -3.70. The number of sulfonamides is 1. The molecule has 6 heteroatoms. The van der Waals surface area contributed by atoms with Gasteiger partial charge < -0.3 is 4.52 Å². The van der Waals surface area contributed by atoms with E-state index in [9.17, 15) is 8.42 Å². The van der Waals surface area contributed by atoms with Crippen LogP contribution in [0.5, 0.6) is 0 Å². The molecule has 23 heavy (non-hydrogen) atoms. The van der Waals surface area contributed by atoms with E-state index < -0.39 is 10.0 Å². The lowest BCUT2D eigenvalue weighted by atomic mass is 10.0. The van der Waals surface area contributed by atoms with Gasteiger partial charge in [0, 0.05) is 16.7 Å². The third kappa shape index (κ3) is 3.04. The molecule has 0 unspecified atom stereocenters. The average Bonchev–Trinajstić information content (AvgIpc) is 2.99. The first kappa shape index (κ1) is 15.5. The first-order valence-corrected chi connectivity index (χ1v) is 8.72. The first-order chi connectivity index (χ1) is 11.0. The Morgan fingerprint density at radius 2 is 1.65 bits per heavy atom. The quantitative estimate of drug-likeness (QED) is 0.796. The minimum absolute atomic E-state index is 0.0751. The van der Waals surface area contributed by atoms with Crippen LogP contribution in [0.3, 0.4) is 0 Å². The van der Waals surface area contributed by atoms with Gasteiger partial charge in [0.25, 0.3) is 0 Å². The van der Waals surface area contributed by atoms with E-state index in [2.05, 4.69) is 5.16 Å². The number of nitrogens with zero attached hydrogens (tertiary/aromatic N) is 1. The van der Waals surface area contributed by atoms with E-state index in [1.54, 1.807) is 12.1 Å². The SMILES string of the molecule is CCc1c(-c2ccc(S(N)(=O)=O)cc2)noc1-c1ccccc1. The second-order valence-electron chi connectivity index (χ2n) is 5.13. The lowest BCUT2D eigenvalue weighted by molar-refractivity contribution is 0.434. The van der Waals surface area contributed by atoms with E-state index in [-0.39, 0.29) is 4.90 Å². The molecule has 0 amide bonds. The van der Waals surface area contributed by atoms with Crippen molar-refractivity contribution in [1.29, 1.82) is 0 Å². The number of primary sulfonamides is 1. The summed E-state index contributed by atoms with van der Waals surface area (Å²) in [6, 6.07) is 16.1. The van der Waals surface area contributed by atoms with Crippen LogP contribution in [-0.2, 0) is 16.4 Å². The van der Waals surface area contributed by atoms with Crippen molar-refractivity contribution >= 4 is 10.0 Å². The summed E-state index contributed by atoms with van der Waals surface area (Å²) >= 11 is 0. The highest BCUT2D eigenvalue weighted by Crippen LogP contribution is 2.32. The number of hydrogen-bond donors (Lipinski definition) is 1. The van der Waals surface area contributed by atoms with Crippen molar-refractivity contribution in [2.24, 2.45) is 5.14 Å². The van der Waals surface area contributed by atoms with Crippen LogP contribution >= 0.6 is 0 Å². The molecule has 0 bridgehead atoms. The largest absolute Gasteiger partial charge is 0.355 e. The van der Waals surface area contributed by atoms with Crippen molar-refractivity contribution in [2.45, 2.75) is 18.2 Å². The minimum atomic E-state index is -3.70. The normalized spacial score (nSPS) is 11.6. The van der Waals surface area contributed by atoms with Gasteiger partial charge in [-0.15, -0.1) is 0 Å². The molecule has 0 aliphatic heterocycles. The molecule has 0 spiro atoms. The van der Waals surface area contributed by atoms with Crippen LogP contribution < -0.4 is 5.14 Å². The van der Waals surface area contributed by atoms with Gasteiger partial charge in [-0.1, -0.05) is 54.5 Å². The van der Waals surface area contributed by atoms with Gasteiger partial charge in [-0.05, 0) is 18.6 Å². The first-order valence-electron chi connectivity index (χ1n) is 7.18. The smallest absolute Gasteiger partial charge is 0.238 e. The molecule has 118 valence electrons. The highest BCUT2D eigenvalue weighted by atomic mass is 32.2. The minimum Gasteiger partial charge on any atom is -0.355 e. The van der Waals surface area contributed by atoms with E-state index in [4.69, 9.17) is 9.66 Å². The van der Waals surface area contributed by atoms with E-state index in [1.165, 1.54) is 12.1 Å². The second-order valence-corrected chi connectivity index (χ2v) is 6.69. The predicted molar refractivity (Wildman–Crippen MR) is 88.1 cm³/mol. The molecule has 0 aliphatic carbocycles. The topological polar surface area (TPSA) is 86.2 Å². The third-order valence-corrected chi connectivity index (χ3v) is 4.56. The fraction of sp³-hybridized carbons (Fsp3) is 0.118. The molecule has 1 heterocycles. The number of aromatic nitrogens is 1. The van der Waals surface area contributed by atoms with Gasteiger partial charge in [0.1, 0.15) is 5.69 Å². The maximum atomic E-state index is 11.3. The molecule has 2 aromatic carbocycles. The van der Waals surface area contributed by atoms with Crippen molar-refractivity contribution < 1.29 is 12.9 Å². The van der Waals surface area contributed by atoms with Crippen molar-refractivity contribution in [2.75, 3.05) is 0 Å². The Morgan fingerprint density at radius 3 is 2.22 bits per heavy atom. The van der Waals surface area contributed by atoms with Crippen LogP contribution in [0.1, 0.15) is 12.5 Å². The van der Waals surface area contributed by atoms with Crippen molar-refractivity contribution in [3.05, 3.63) is 60.2 Å². The lowest BCUT2D eigenvalue weighted by Crippen LogP contribution is -2.11. The van der Waals surface area contributed by atoms with Crippen molar-refractivity contribution in [3.63, 3.8) is 0 Å². The standard InChI is InChI=1S/C17H16N2O3S/c1-2-15-16(12-8-10-14(11-9-12)23(18,20)21)19-22-17(15)13-6-4-3-5-7-13/h3-11H,2H2,1H3,(H2,18,20,21). The molecule has 3 aromatic rings. The monoisotopic (exact) mass is 328 g/mol. The van der Waals surface area contributed by atoms with Gasteiger partial charge in [-0.25, -0.2) is 13.6 Å². The molecule has 0 radical (unpaired) electrons. The molecule has 0 saturated carbocycles. The number of benzene rings is 2. The second kappa shape index (κ2) is 5.98. The molecule has 0 aliphatic rings. The van der Waals surface area contributed by atoms with Crippen LogP contribution in [0, 0.1) is 0 Å². The zero-order valence-corrected chi connectivity index (χ0v) is 13.4. The highest BCUT2D eigenvalue weighted by Gasteiger charge is 2.18. The maximum Gasteiger partial charge on any atom is 0.238 e. The Morgan fingerprint density at radius 1 is 1.00 bits per heavy atom. The molecule has 0 fully saturated rings. The summed E-state index contributed by atoms with van der Waals surface area (Å²) in [5.74, 6) is 0.735. The van der Waals surface area contributed by atoms with Crippen LogP contribution in [0.4, 0.5) is 0 Å². The fourth-order valence-electron chi connectivity index (χ4n) is 2.48. The van der Waals surface area contributed by atoms with E-state index >= 15 is 0 Å². The molecule has 3 rings (SSSR count). The summed E-state index contributed by atoms with van der Waals surface area (Å²) in [5.41, 5.74) is 3.45. The molecule has 0 saturated heterocycles. The van der Waals surface area contributed by atoms with Gasteiger partial charge in [0.15, 0.2) is 5.76 Å². The fourth-order valence-corrected chi connectivity index (χ4v) is 3.00. The molecule has 1 aromatic heterocycles. The average molecular weight is 328 g/mol. The molecular weight excluding hydrogens is 312 g/mol. The van der Waals surface area contributed by atoms with Crippen LogP contribution in [0.15, 0.2) is 64.0 Å². The zero-order valence-electron chi connectivity index (χ0n) is 12.6. The maximum absolute atomic E-state index is 11.3. The summed E-state index contributed by atoms with van der Waals surface area (Å²) in [6.07, 6.45) is 0.750. The molecule has 2 N–H and O–H groups in total. The Bertz CT molecular complexity index is 914. The summed E-state index contributed by atoms with van der Waals surface area (Å²) in [6.45, 7) is 2.03. The number of hydrogen-bond acceptors (Lipinski definition) is 4. The van der Waals surface area contributed by atoms with Crippen LogP contribution in [0.25, 0.3) is 22.6 Å². The lowest BCUT2D eigenvalue weighted by Gasteiger charge is -2.03. The summed E-state index contributed by atoms with van der Waals surface area (Å²) in [4.78, 5) is 0.0751. The highest BCUT2D eigenvalue weighted by molar-refractivity contribution is 7.89. The van der Waals surface area contributed by atoms with Gasteiger partial charge in [0.2, 0.25) is 10.0 Å². The van der Waals surface area contributed by atoms with E-state index in [1.807, 2.05) is 37.3 Å². The van der Waals surface area contributed by atoms with E-state index in [0.717, 1.165) is 28.9 Å². The Labute approximate surface area is 134 Å². The summed E-state index contributed by atoms with van der Waals surface area (Å²) < 4.78 is 28.2. The molecular formula is C17H16N2O3S. The van der Waals surface area contributed by atoms with Gasteiger partial charge in [0.05, 0.1) is 4.90 Å². The van der Waals surface area contributed by atoms with E-state index in [0.29, 0.717) is 5.69 Å². The van der Waals surface area contributed by atoms with Crippen molar-refractivity contribution in [3.8, 4) is 22.6 Å². The predicted octanol–water partition coefficient (Wildman–Crippen LogP) is 3.22. The van der Waals surface area contributed by atoms with Gasteiger partial charge in [-0.3, -0.25) is 0 Å². The molecule has 0 atom stereocenters. The molecule has 5 nitrogen and oxygen atoms in total. The van der Waals surface area contributed by atoms with Crippen LogP contribution in [-0.4, -0.2) is 13.6 Å². The zero-order chi connectivity index (χ0) is 16.4. The Balaban J connectivity index is 2.06. The summed E-state index contributed by atoms with van der Waals surface area (Å²) in [5, 5.41) is 9.29. The van der Waals surface area contributed by atoms with Crippen LogP contribution in [0.2, 0.25) is 0 Å². The Hall–Kier alpha value is -2.44. The van der Waals surface area contributed by atoms with Crippen molar-refractivity contribution in [1.82, 2.24) is 5.16 Å². The van der Waals surface area contributed by atoms with Gasteiger partial charge >= 0.3 is 0 Å². The third-order valence-electron chi connectivity index (χ3n) is 3.63. The Kier molecular flexibility index (Phi) is 4.02. The number of nitrogens with two attached hydrogens (primary N) is 1. The van der Waals surface area contributed by atoms with Gasteiger partial charge in [-0.2, -0.15) is 0 Å².